The molecule has 0 aliphatic carbocycles. The number of carbonyl (C=O) groups excluding carboxylic acids is 2. The van der Waals surface area contributed by atoms with Crippen molar-refractivity contribution in [3.8, 4) is 0 Å². The maximum atomic E-state index is 13.5. The van der Waals surface area contributed by atoms with Crippen LogP contribution in [-0.2, 0) is 14.3 Å². The van der Waals surface area contributed by atoms with Crippen molar-refractivity contribution in [1.29, 1.82) is 0 Å². The van der Waals surface area contributed by atoms with Crippen molar-refractivity contribution in [2.75, 3.05) is 13.2 Å². The molecule has 0 rings (SSSR count). The number of esters is 1. The molecule has 0 radical (unpaired) electrons. The van der Waals surface area contributed by atoms with Gasteiger partial charge in [-0.1, -0.05) is 6.92 Å². The van der Waals surface area contributed by atoms with Crippen molar-refractivity contribution < 1.29 is 80.2 Å². The number of alkyl halides is 15. The largest absolute Gasteiger partial charge is 0.464 e. The van der Waals surface area contributed by atoms with Crippen LogP contribution in [0.2, 0.25) is 0 Å². The van der Waals surface area contributed by atoms with E-state index in [9.17, 15) is 75.4 Å². The van der Waals surface area contributed by atoms with E-state index in [2.05, 4.69) is 4.74 Å². The topological polar surface area (TPSA) is 55.4 Å². The summed E-state index contributed by atoms with van der Waals surface area (Å²) < 4.78 is 198. The Balaban J connectivity index is 6.04. The van der Waals surface area contributed by atoms with Crippen LogP contribution < -0.4 is 5.32 Å². The van der Waals surface area contributed by atoms with Gasteiger partial charge in [0.05, 0.1) is 6.54 Å². The van der Waals surface area contributed by atoms with E-state index in [-0.39, 0.29) is 6.42 Å². The Labute approximate surface area is 167 Å². The minimum atomic E-state index is -8.47. The third-order valence-electron chi connectivity index (χ3n) is 3.55. The molecule has 0 unspecified atom stereocenters. The summed E-state index contributed by atoms with van der Waals surface area (Å²) >= 11 is 0. The number of carbonyl (C=O) groups is 2. The first-order valence-electron chi connectivity index (χ1n) is 7.65. The van der Waals surface area contributed by atoms with Crippen LogP contribution in [0.25, 0.3) is 0 Å². The van der Waals surface area contributed by atoms with E-state index in [1.807, 2.05) is 0 Å². The molecule has 190 valence electrons. The first-order valence-corrected chi connectivity index (χ1v) is 7.65. The van der Waals surface area contributed by atoms with Crippen LogP contribution in [0.15, 0.2) is 0 Å². The lowest BCUT2D eigenvalue weighted by Gasteiger charge is -2.41. The molecular weight excluding hydrogens is 503 g/mol. The summed E-state index contributed by atoms with van der Waals surface area (Å²) in [6.07, 6.45) is -8.03. The molecule has 0 heterocycles. The van der Waals surface area contributed by atoms with Gasteiger partial charge in [0.1, 0.15) is 6.61 Å². The Morgan fingerprint density at radius 2 is 1.03 bits per heavy atom. The molecule has 0 fully saturated rings. The zero-order chi connectivity index (χ0) is 26.2. The van der Waals surface area contributed by atoms with Gasteiger partial charge in [0.15, 0.2) is 0 Å². The Morgan fingerprint density at radius 1 is 0.656 bits per heavy atom. The second-order valence-electron chi connectivity index (χ2n) is 5.77. The first kappa shape index (κ1) is 29.9. The fourth-order valence-electron chi connectivity index (χ4n) is 1.65. The van der Waals surface area contributed by atoms with Gasteiger partial charge in [-0.15, -0.1) is 0 Å². The monoisotopic (exact) mass is 513 g/mol. The molecule has 0 aliphatic rings. The normalized spacial score (nSPS) is 14.9. The Hall–Kier alpha value is -2.11. The zero-order valence-corrected chi connectivity index (χ0v) is 15.0. The van der Waals surface area contributed by atoms with Crippen molar-refractivity contribution in [2.24, 2.45) is 0 Å². The van der Waals surface area contributed by atoms with Gasteiger partial charge in [0, 0.05) is 6.42 Å². The molecule has 0 saturated heterocycles. The molecule has 0 aromatic carbocycles. The third-order valence-corrected chi connectivity index (χ3v) is 3.55. The van der Waals surface area contributed by atoms with Crippen LogP contribution in [0.3, 0.4) is 0 Å². The molecule has 0 aliphatic heterocycles. The highest BCUT2D eigenvalue weighted by molar-refractivity contribution is 5.84. The molecule has 0 spiro atoms. The van der Waals surface area contributed by atoms with Crippen LogP contribution in [0.5, 0.6) is 0 Å². The van der Waals surface area contributed by atoms with Crippen LogP contribution >= 0.6 is 0 Å². The summed E-state index contributed by atoms with van der Waals surface area (Å²) in [5.41, 5.74) is 0. The van der Waals surface area contributed by atoms with E-state index in [4.69, 9.17) is 0 Å². The van der Waals surface area contributed by atoms with Crippen LogP contribution in [0.4, 0.5) is 65.9 Å². The highest BCUT2D eigenvalue weighted by Crippen LogP contribution is 2.62. The lowest BCUT2D eigenvalue weighted by Crippen LogP contribution is -2.74. The zero-order valence-electron chi connectivity index (χ0n) is 15.0. The number of rotatable bonds is 10. The molecule has 32 heavy (non-hydrogen) atoms. The molecule has 0 bridgehead atoms. The summed E-state index contributed by atoms with van der Waals surface area (Å²) in [5.74, 6) is -52.9. The van der Waals surface area contributed by atoms with E-state index in [0.717, 1.165) is 0 Å². The average molecular weight is 513 g/mol. The highest BCUT2D eigenvalue weighted by atomic mass is 19.4. The van der Waals surface area contributed by atoms with E-state index in [1.54, 1.807) is 0 Å². The maximum Gasteiger partial charge on any atom is 0.460 e. The molecule has 0 saturated carbocycles. The van der Waals surface area contributed by atoms with Gasteiger partial charge in [-0.05, 0) is 0 Å². The van der Waals surface area contributed by atoms with Gasteiger partial charge in [0.25, 0.3) is 5.91 Å². The fraction of sp³-hybridized carbons (Fsp3) is 0.846. The standard InChI is InChI=1S/C13H10F15NO3/c1-2-5(30)32-4-3-29-6(31)7(14,15)8(16,17)9(18,19)10(20,21)11(22,23)12(24,25)13(26,27)28/h2-4H2,1H3,(H,29,31). The summed E-state index contributed by atoms with van der Waals surface area (Å²) in [7, 11) is 0. The van der Waals surface area contributed by atoms with Crippen LogP contribution in [0, 0.1) is 0 Å². The van der Waals surface area contributed by atoms with Gasteiger partial charge < -0.3 is 10.1 Å². The fourth-order valence-corrected chi connectivity index (χ4v) is 1.65. The lowest BCUT2D eigenvalue weighted by molar-refractivity contribution is -0.449. The maximum absolute atomic E-state index is 13.5. The number of ether oxygens (including phenoxy) is 1. The molecule has 0 atom stereocenters. The van der Waals surface area contributed by atoms with Gasteiger partial charge in [0.2, 0.25) is 0 Å². The first-order chi connectivity index (χ1) is 13.9. The second-order valence-corrected chi connectivity index (χ2v) is 5.77. The van der Waals surface area contributed by atoms with Crippen molar-refractivity contribution in [2.45, 2.75) is 55.1 Å². The molecule has 0 aromatic rings. The predicted octanol–water partition coefficient (Wildman–Crippen LogP) is 4.43. The summed E-state index contributed by atoms with van der Waals surface area (Å²) in [6, 6.07) is 0. The minimum absolute atomic E-state index is 0.319. The predicted molar refractivity (Wildman–Crippen MR) is 70.0 cm³/mol. The van der Waals surface area contributed by atoms with E-state index < -0.39 is 66.7 Å². The third kappa shape index (κ3) is 4.51. The molecule has 1 N–H and O–H groups in total. The molecule has 0 aromatic heterocycles. The van der Waals surface area contributed by atoms with Gasteiger partial charge in [-0.2, -0.15) is 65.9 Å². The molecular formula is C13H10F15NO3. The van der Waals surface area contributed by atoms with Gasteiger partial charge >= 0.3 is 47.7 Å². The van der Waals surface area contributed by atoms with Crippen molar-refractivity contribution in [1.82, 2.24) is 5.32 Å². The summed E-state index contributed by atoms with van der Waals surface area (Å²) in [6.45, 7) is -1.18. The van der Waals surface area contributed by atoms with Crippen molar-refractivity contribution in [3.63, 3.8) is 0 Å². The van der Waals surface area contributed by atoms with E-state index >= 15 is 0 Å². The summed E-state index contributed by atoms with van der Waals surface area (Å²) in [5, 5.41) is 0.685. The summed E-state index contributed by atoms with van der Waals surface area (Å²) in [4.78, 5) is 21.7. The molecule has 4 nitrogen and oxygen atoms in total. The number of hydrogen-bond acceptors (Lipinski definition) is 3. The second kappa shape index (κ2) is 8.68. The Bertz CT molecular complexity index is 701. The smallest absolute Gasteiger partial charge is 0.460 e. The molecule has 19 heteroatoms. The minimum Gasteiger partial charge on any atom is -0.464 e. The van der Waals surface area contributed by atoms with Crippen molar-refractivity contribution in [3.05, 3.63) is 0 Å². The van der Waals surface area contributed by atoms with Crippen LogP contribution in [-0.4, -0.2) is 66.7 Å². The number of nitrogens with one attached hydrogen (secondary N) is 1. The SMILES string of the molecule is CCC(=O)OCCNC(=O)C(F)(F)C(F)(F)C(F)(F)C(F)(F)C(F)(F)C(F)(F)C(F)(F)F. The highest BCUT2D eigenvalue weighted by Gasteiger charge is 2.94. The number of halogens is 15. The van der Waals surface area contributed by atoms with Crippen molar-refractivity contribution >= 4 is 11.9 Å². The van der Waals surface area contributed by atoms with Crippen LogP contribution in [0.1, 0.15) is 13.3 Å². The lowest BCUT2D eigenvalue weighted by atomic mass is 9.91. The quantitative estimate of drug-likeness (QED) is 0.267. The van der Waals surface area contributed by atoms with Gasteiger partial charge in [-0.3, -0.25) is 9.59 Å². The van der Waals surface area contributed by atoms with E-state index in [0.29, 0.717) is 5.32 Å². The Kier molecular flexibility index (Phi) is 8.11. The van der Waals surface area contributed by atoms with E-state index in [1.165, 1.54) is 6.92 Å². The van der Waals surface area contributed by atoms with Gasteiger partial charge in [-0.25, -0.2) is 0 Å². The molecule has 1 amide bonds. The number of hydrogen-bond donors (Lipinski definition) is 1. The number of amides is 1. The average Bonchev–Trinajstić information content (AvgIpc) is 2.62. The Morgan fingerprint density at radius 3 is 1.41 bits per heavy atom.